The van der Waals surface area contributed by atoms with Gasteiger partial charge in [-0.15, -0.1) is 0 Å². The summed E-state index contributed by atoms with van der Waals surface area (Å²) in [5.74, 6) is -0.264. The largest absolute Gasteiger partial charge is 0.493 e. The molecule has 2 amide bonds. The van der Waals surface area contributed by atoms with E-state index in [1.54, 1.807) is 19.2 Å². The smallest absolute Gasteiger partial charge is 0.240 e. The number of amides is 2. The first-order valence-corrected chi connectivity index (χ1v) is 9.30. The number of para-hydroxylation sites is 1. The minimum Gasteiger partial charge on any atom is -0.493 e. The van der Waals surface area contributed by atoms with Crippen molar-refractivity contribution in [1.29, 1.82) is 0 Å². The number of nitrogens with zero attached hydrogens (tertiary/aromatic N) is 1. The fourth-order valence-electron chi connectivity index (χ4n) is 2.25. The standard InChI is InChI=1S/C19H19FIN3O4/c1-27-16-10-12(9-14(21)19(16)28-2)11-22-24-18(26)8-7-17(25)23-15-6-4-3-5-13(15)20/h3-6,9-11H,7-8H2,1-2H3,(H,23,25)(H,24,26). The van der Waals surface area contributed by atoms with Crippen molar-refractivity contribution in [3.63, 3.8) is 0 Å². The number of hydrazone groups is 1. The van der Waals surface area contributed by atoms with Crippen LogP contribution >= 0.6 is 22.6 Å². The lowest BCUT2D eigenvalue weighted by molar-refractivity contribution is -0.124. The molecule has 0 aromatic heterocycles. The molecule has 0 heterocycles. The van der Waals surface area contributed by atoms with Crippen LogP contribution in [0.2, 0.25) is 0 Å². The summed E-state index contributed by atoms with van der Waals surface area (Å²) in [6, 6.07) is 9.36. The molecule has 148 valence electrons. The van der Waals surface area contributed by atoms with Gasteiger partial charge in [0.05, 0.1) is 29.7 Å². The first-order chi connectivity index (χ1) is 13.4. The molecule has 0 aliphatic heterocycles. The Kier molecular flexibility index (Phi) is 8.18. The average molecular weight is 499 g/mol. The van der Waals surface area contributed by atoms with Gasteiger partial charge in [-0.3, -0.25) is 9.59 Å². The molecule has 0 atom stereocenters. The molecule has 0 saturated carbocycles. The molecular formula is C19H19FIN3O4. The van der Waals surface area contributed by atoms with Gasteiger partial charge in [0.1, 0.15) is 5.82 Å². The van der Waals surface area contributed by atoms with E-state index in [0.717, 1.165) is 3.57 Å². The van der Waals surface area contributed by atoms with E-state index in [4.69, 9.17) is 9.47 Å². The highest BCUT2D eigenvalue weighted by atomic mass is 127. The number of carbonyl (C=O) groups excluding carboxylic acids is 2. The number of rotatable bonds is 8. The van der Waals surface area contributed by atoms with Crippen LogP contribution < -0.4 is 20.2 Å². The molecular weight excluding hydrogens is 480 g/mol. The van der Waals surface area contributed by atoms with Gasteiger partial charge in [-0.05, 0) is 52.4 Å². The number of nitrogens with one attached hydrogen (secondary N) is 2. The minimum absolute atomic E-state index is 0.0778. The quantitative estimate of drug-likeness (QED) is 0.332. The van der Waals surface area contributed by atoms with Crippen LogP contribution in [0.25, 0.3) is 0 Å². The first kappa shape index (κ1) is 21.6. The van der Waals surface area contributed by atoms with Crippen molar-refractivity contribution in [2.45, 2.75) is 12.8 Å². The van der Waals surface area contributed by atoms with Crippen LogP contribution in [0.5, 0.6) is 11.5 Å². The van der Waals surface area contributed by atoms with Crippen LogP contribution in [0.15, 0.2) is 41.5 Å². The van der Waals surface area contributed by atoms with Gasteiger partial charge in [-0.2, -0.15) is 5.10 Å². The average Bonchev–Trinajstić information content (AvgIpc) is 2.67. The monoisotopic (exact) mass is 499 g/mol. The molecule has 9 heteroatoms. The molecule has 2 aromatic rings. The highest BCUT2D eigenvalue weighted by molar-refractivity contribution is 14.1. The SMILES string of the molecule is COc1cc(C=NNC(=O)CCC(=O)Nc2ccccc2F)cc(I)c1OC. The van der Waals surface area contributed by atoms with Gasteiger partial charge in [0, 0.05) is 12.8 Å². The Morgan fingerprint density at radius 1 is 1.14 bits per heavy atom. The predicted octanol–water partition coefficient (Wildman–Crippen LogP) is 3.32. The second-order valence-corrected chi connectivity index (χ2v) is 6.72. The van der Waals surface area contributed by atoms with Crippen molar-refractivity contribution >= 4 is 46.3 Å². The Morgan fingerprint density at radius 2 is 1.86 bits per heavy atom. The van der Waals surface area contributed by atoms with Crippen molar-refractivity contribution in [2.75, 3.05) is 19.5 Å². The number of hydrogen-bond acceptors (Lipinski definition) is 5. The maximum Gasteiger partial charge on any atom is 0.240 e. The summed E-state index contributed by atoms with van der Waals surface area (Å²) in [5.41, 5.74) is 3.13. The summed E-state index contributed by atoms with van der Waals surface area (Å²) in [6.45, 7) is 0. The van der Waals surface area contributed by atoms with Gasteiger partial charge in [0.15, 0.2) is 11.5 Å². The molecule has 0 aliphatic rings. The molecule has 0 fully saturated rings. The second kappa shape index (κ2) is 10.6. The molecule has 2 N–H and O–H groups in total. The summed E-state index contributed by atoms with van der Waals surface area (Å²) < 4.78 is 24.8. The summed E-state index contributed by atoms with van der Waals surface area (Å²) in [5, 5.41) is 6.29. The molecule has 0 saturated heterocycles. The predicted molar refractivity (Wildman–Crippen MR) is 112 cm³/mol. The van der Waals surface area contributed by atoms with E-state index in [0.29, 0.717) is 17.1 Å². The van der Waals surface area contributed by atoms with Gasteiger partial charge < -0.3 is 14.8 Å². The van der Waals surface area contributed by atoms with Gasteiger partial charge in [-0.25, -0.2) is 9.82 Å². The summed E-state index contributed by atoms with van der Waals surface area (Å²) in [4.78, 5) is 23.6. The number of hydrogen-bond donors (Lipinski definition) is 2. The van der Waals surface area contributed by atoms with Crippen LogP contribution in [-0.4, -0.2) is 32.2 Å². The highest BCUT2D eigenvalue weighted by Crippen LogP contribution is 2.32. The van der Waals surface area contributed by atoms with E-state index in [9.17, 15) is 14.0 Å². The second-order valence-electron chi connectivity index (χ2n) is 5.56. The van der Waals surface area contributed by atoms with Crippen LogP contribution in [-0.2, 0) is 9.59 Å². The van der Waals surface area contributed by atoms with Crippen molar-refractivity contribution in [1.82, 2.24) is 5.43 Å². The zero-order valence-corrected chi connectivity index (χ0v) is 17.4. The van der Waals surface area contributed by atoms with Gasteiger partial charge in [0.2, 0.25) is 11.8 Å². The molecule has 0 radical (unpaired) electrons. The normalized spacial score (nSPS) is 10.6. The lowest BCUT2D eigenvalue weighted by Gasteiger charge is -2.10. The van der Waals surface area contributed by atoms with Gasteiger partial charge in [-0.1, -0.05) is 12.1 Å². The molecule has 0 aliphatic carbocycles. The molecule has 2 aromatic carbocycles. The van der Waals surface area contributed by atoms with Crippen molar-refractivity contribution in [3.8, 4) is 11.5 Å². The van der Waals surface area contributed by atoms with Gasteiger partial charge in [0.25, 0.3) is 0 Å². The molecule has 28 heavy (non-hydrogen) atoms. The fraction of sp³-hybridized carbons (Fsp3) is 0.211. The summed E-state index contributed by atoms with van der Waals surface area (Å²) >= 11 is 2.11. The summed E-state index contributed by atoms with van der Waals surface area (Å²) in [6.07, 6.45) is 1.28. The zero-order chi connectivity index (χ0) is 20.5. The molecule has 0 bridgehead atoms. The molecule has 0 spiro atoms. The highest BCUT2D eigenvalue weighted by Gasteiger charge is 2.10. The van der Waals surface area contributed by atoms with E-state index >= 15 is 0 Å². The maximum absolute atomic E-state index is 13.5. The number of anilines is 1. The third kappa shape index (κ3) is 6.19. The minimum atomic E-state index is -0.533. The van der Waals surface area contributed by atoms with E-state index in [2.05, 4.69) is 38.4 Å². The van der Waals surface area contributed by atoms with Crippen LogP contribution in [0.3, 0.4) is 0 Å². The van der Waals surface area contributed by atoms with Crippen molar-refractivity contribution < 1.29 is 23.5 Å². The maximum atomic E-state index is 13.5. The van der Waals surface area contributed by atoms with Crippen molar-refractivity contribution in [2.24, 2.45) is 5.10 Å². The third-order valence-electron chi connectivity index (χ3n) is 3.59. The molecule has 0 unspecified atom stereocenters. The number of methoxy groups -OCH3 is 2. The number of benzene rings is 2. The Labute approximate surface area is 175 Å². The Hall–Kier alpha value is -2.69. The van der Waals surface area contributed by atoms with E-state index in [1.165, 1.54) is 31.5 Å². The number of ether oxygens (including phenoxy) is 2. The van der Waals surface area contributed by atoms with E-state index in [-0.39, 0.29) is 18.5 Å². The van der Waals surface area contributed by atoms with Crippen LogP contribution in [0.1, 0.15) is 18.4 Å². The first-order valence-electron chi connectivity index (χ1n) is 8.22. The molecule has 7 nitrogen and oxygen atoms in total. The Morgan fingerprint density at radius 3 is 2.54 bits per heavy atom. The van der Waals surface area contributed by atoms with Crippen LogP contribution in [0.4, 0.5) is 10.1 Å². The molecule has 2 rings (SSSR count). The van der Waals surface area contributed by atoms with E-state index in [1.807, 2.05) is 6.07 Å². The number of carbonyl (C=O) groups is 2. The Balaban J connectivity index is 1.84. The summed E-state index contributed by atoms with van der Waals surface area (Å²) in [7, 11) is 3.08. The fourth-order valence-corrected chi connectivity index (χ4v) is 3.10. The zero-order valence-electron chi connectivity index (χ0n) is 15.3. The Bertz CT molecular complexity index is 889. The number of halogens is 2. The topological polar surface area (TPSA) is 89.0 Å². The van der Waals surface area contributed by atoms with E-state index < -0.39 is 17.6 Å². The lowest BCUT2D eigenvalue weighted by Crippen LogP contribution is -2.21. The third-order valence-corrected chi connectivity index (χ3v) is 4.39. The van der Waals surface area contributed by atoms with Crippen LogP contribution in [0, 0.1) is 9.39 Å². The van der Waals surface area contributed by atoms with Gasteiger partial charge >= 0.3 is 0 Å². The van der Waals surface area contributed by atoms with Crippen molar-refractivity contribution in [3.05, 3.63) is 51.3 Å². The lowest BCUT2D eigenvalue weighted by atomic mass is 10.2.